The zero-order valence-corrected chi connectivity index (χ0v) is 15.9. The van der Waals surface area contributed by atoms with Crippen LogP contribution in [0, 0.1) is 0 Å². The number of anilines is 1. The standard InChI is InChI=1S/C17H29N3O3S/c1-5-20(6-2)13-7-8-14(3)19-24(22,23)17-11-9-16(10-12-17)18-15(4)21/h9-12,14,19H,5-8,13H2,1-4H3,(H,18,21)/p+1/t14-/m1/s1. The van der Waals surface area contributed by atoms with Gasteiger partial charge >= 0.3 is 0 Å². The van der Waals surface area contributed by atoms with Gasteiger partial charge in [-0.2, -0.15) is 0 Å². The normalized spacial score (nSPS) is 13.0. The summed E-state index contributed by atoms with van der Waals surface area (Å²) < 4.78 is 27.5. The van der Waals surface area contributed by atoms with Crippen LogP contribution in [0.1, 0.15) is 40.5 Å². The number of hydrogen-bond donors (Lipinski definition) is 3. The van der Waals surface area contributed by atoms with E-state index in [1.807, 2.05) is 6.92 Å². The summed E-state index contributed by atoms with van der Waals surface area (Å²) >= 11 is 0. The van der Waals surface area contributed by atoms with Crippen molar-refractivity contribution >= 4 is 21.6 Å². The molecule has 0 aliphatic rings. The second kappa shape index (κ2) is 9.76. The van der Waals surface area contributed by atoms with Crippen LogP contribution >= 0.6 is 0 Å². The fourth-order valence-electron chi connectivity index (χ4n) is 2.57. The van der Waals surface area contributed by atoms with E-state index < -0.39 is 10.0 Å². The first kappa shape index (κ1) is 20.6. The van der Waals surface area contributed by atoms with Crippen molar-refractivity contribution < 1.29 is 18.1 Å². The van der Waals surface area contributed by atoms with Gasteiger partial charge in [0.25, 0.3) is 0 Å². The molecular weight excluding hydrogens is 326 g/mol. The van der Waals surface area contributed by atoms with Crippen molar-refractivity contribution in [3.63, 3.8) is 0 Å². The summed E-state index contributed by atoms with van der Waals surface area (Å²) in [6.07, 6.45) is 1.80. The van der Waals surface area contributed by atoms with Crippen LogP contribution in [0.4, 0.5) is 5.69 Å². The molecule has 24 heavy (non-hydrogen) atoms. The molecule has 0 saturated heterocycles. The first-order valence-corrected chi connectivity index (χ1v) is 10.00. The molecule has 1 amide bonds. The highest BCUT2D eigenvalue weighted by Gasteiger charge is 2.17. The van der Waals surface area contributed by atoms with E-state index in [0.717, 1.165) is 32.5 Å². The van der Waals surface area contributed by atoms with E-state index in [9.17, 15) is 13.2 Å². The lowest BCUT2D eigenvalue weighted by Crippen LogP contribution is -3.11. The molecule has 0 bridgehead atoms. The van der Waals surface area contributed by atoms with E-state index in [4.69, 9.17) is 0 Å². The molecule has 0 spiro atoms. The summed E-state index contributed by atoms with van der Waals surface area (Å²) in [4.78, 5) is 12.7. The maximum Gasteiger partial charge on any atom is 0.240 e. The average molecular weight is 357 g/mol. The van der Waals surface area contributed by atoms with Crippen molar-refractivity contribution in [3.8, 4) is 0 Å². The number of sulfonamides is 1. The van der Waals surface area contributed by atoms with Gasteiger partial charge in [0.1, 0.15) is 0 Å². The van der Waals surface area contributed by atoms with Gasteiger partial charge in [-0.05, 0) is 57.9 Å². The Morgan fingerprint density at radius 2 is 1.75 bits per heavy atom. The van der Waals surface area contributed by atoms with Crippen LogP contribution in [-0.2, 0) is 14.8 Å². The third kappa shape index (κ3) is 6.98. The van der Waals surface area contributed by atoms with Gasteiger partial charge in [-0.15, -0.1) is 0 Å². The molecule has 0 fully saturated rings. The second-order valence-corrected chi connectivity index (χ2v) is 7.79. The Labute approximate surface area is 145 Å². The van der Waals surface area contributed by atoms with Gasteiger partial charge in [0.15, 0.2) is 0 Å². The largest absolute Gasteiger partial charge is 0.335 e. The van der Waals surface area contributed by atoms with Crippen molar-refractivity contribution in [2.24, 2.45) is 0 Å². The maximum atomic E-state index is 12.4. The number of carbonyl (C=O) groups excluding carboxylic acids is 1. The third-order valence-electron chi connectivity index (χ3n) is 4.01. The lowest BCUT2D eigenvalue weighted by atomic mass is 10.2. The van der Waals surface area contributed by atoms with E-state index in [2.05, 4.69) is 23.9 Å². The number of carbonyl (C=O) groups is 1. The molecule has 0 heterocycles. The van der Waals surface area contributed by atoms with Crippen LogP contribution in [0.15, 0.2) is 29.2 Å². The van der Waals surface area contributed by atoms with E-state index >= 15 is 0 Å². The first-order chi connectivity index (χ1) is 11.3. The van der Waals surface area contributed by atoms with Gasteiger partial charge in [0, 0.05) is 18.7 Å². The number of rotatable bonds is 10. The maximum absolute atomic E-state index is 12.4. The molecule has 6 nitrogen and oxygen atoms in total. The third-order valence-corrected chi connectivity index (χ3v) is 5.61. The van der Waals surface area contributed by atoms with Crippen LogP contribution in [0.2, 0.25) is 0 Å². The average Bonchev–Trinajstić information content (AvgIpc) is 2.51. The SMILES string of the molecule is CC[NH+](CC)CCC[C@@H](C)NS(=O)(=O)c1ccc(NC(C)=O)cc1. The molecule has 0 unspecified atom stereocenters. The van der Waals surface area contributed by atoms with Crippen molar-refractivity contribution in [1.29, 1.82) is 0 Å². The second-order valence-electron chi connectivity index (χ2n) is 6.08. The Hall–Kier alpha value is -1.44. The van der Waals surface area contributed by atoms with Gasteiger partial charge in [-0.25, -0.2) is 13.1 Å². The van der Waals surface area contributed by atoms with Crippen LogP contribution in [0.3, 0.4) is 0 Å². The lowest BCUT2D eigenvalue weighted by Gasteiger charge is -2.18. The molecular formula is C17H30N3O3S+. The summed E-state index contributed by atoms with van der Waals surface area (Å²) in [7, 11) is -3.54. The predicted molar refractivity (Wildman–Crippen MR) is 96.7 cm³/mol. The fraction of sp³-hybridized carbons (Fsp3) is 0.588. The highest BCUT2D eigenvalue weighted by Crippen LogP contribution is 2.14. The van der Waals surface area contributed by atoms with Crippen LogP contribution < -0.4 is 14.9 Å². The molecule has 7 heteroatoms. The van der Waals surface area contributed by atoms with Crippen LogP contribution in [0.5, 0.6) is 0 Å². The Kier molecular flexibility index (Phi) is 8.38. The Morgan fingerprint density at radius 3 is 2.25 bits per heavy atom. The molecule has 0 aromatic heterocycles. The summed E-state index contributed by atoms with van der Waals surface area (Å²) in [6.45, 7) is 10.9. The van der Waals surface area contributed by atoms with Crippen LogP contribution in [0.25, 0.3) is 0 Å². The number of nitrogens with one attached hydrogen (secondary N) is 3. The Morgan fingerprint density at radius 1 is 1.17 bits per heavy atom. The van der Waals surface area contributed by atoms with E-state index in [1.165, 1.54) is 24.0 Å². The van der Waals surface area contributed by atoms with Crippen LogP contribution in [-0.4, -0.2) is 40.0 Å². The smallest absolute Gasteiger partial charge is 0.240 e. The van der Waals surface area contributed by atoms with Gasteiger partial charge < -0.3 is 10.2 Å². The minimum absolute atomic E-state index is 0.111. The topological polar surface area (TPSA) is 79.7 Å². The molecule has 0 aliphatic carbocycles. The summed E-state index contributed by atoms with van der Waals surface area (Å²) in [5.74, 6) is -0.187. The molecule has 1 aromatic carbocycles. The predicted octanol–water partition coefficient (Wildman–Crippen LogP) is 1.02. The number of quaternary nitrogens is 1. The van der Waals surface area contributed by atoms with Crippen molar-refractivity contribution in [2.75, 3.05) is 25.0 Å². The van der Waals surface area contributed by atoms with Gasteiger partial charge in [-0.3, -0.25) is 4.79 Å². The summed E-state index contributed by atoms with van der Waals surface area (Å²) in [5.41, 5.74) is 0.580. The van der Waals surface area contributed by atoms with E-state index in [-0.39, 0.29) is 16.8 Å². The van der Waals surface area contributed by atoms with Gasteiger partial charge in [0.2, 0.25) is 15.9 Å². The monoisotopic (exact) mass is 356 g/mol. The Bertz CT molecular complexity index is 610. The first-order valence-electron chi connectivity index (χ1n) is 8.52. The fourth-order valence-corrected chi connectivity index (χ4v) is 3.85. The van der Waals surface area contributed by atoms with E-state index in [1.54, 1.807) is 12.1 Å². The molecule has 1 rings (SSSR count). The molecule has 1 atom stereocenters. The highest BCUT2D eigenvalue weighted by molar-refractivity contribution is 7.89. The van der Waals surface area contributed by atoms with Crippen molar-refractivity contribution in [1.82, 2.24) is 4.72 Å². The van der Waals surface area contributed by atoms with Crippen molar-refractivity contribution in [3.05, 3.63) is 24.3 Å². The number of benzene rings is 1. The zero-order valence-electron chi connectivity index (χ0n) is 15.1. The summed E-state index contributed by atoms with van der Waals surface area (Å²) in [6, 6.07) is 6.06. The number of hydrogen-bond acceptors (Lipinski definition) is 3. The molecule has 0 radical (unpaired) electrons. The van der Waals surface area contributed by atoms with Gasteiger partial charge in [-0.1, -0.05) is 0 Å². The Balaban J connectivity index is 2.57. The minimum Gasteiger partial charge on any atom is -0.335 e. The molecule has 136 valence electrons. The highest BCUT2D eigenvalue weighted by atomic mass is 32.2. The van der Waals surface area contributed by atoms with Crippen molar-refractivity contribution in [2.45, 2.75) is 51.5 Å². The molecule has 1 aromatic rings. The molecule has 0 aliphatic heterocycles. The molecule has 0 saturated carbocycles. The quantitative estimate of drug-likeness (QED) is 0.585. The van der Waals surface area contributed by atoms with Gasteiger partial charge in [0.05, 0.1) is 24.5 Å². The zero-order chi connectivity index (χ0) is 18.2. The molecule has 3 N–H and O–H groups in total. The summed E-state index contributed by atoms with van der Waals surface area (Å²) in [5, 5.41) is 2.62. The minimum atomic E-state index is -3.54. The lowest BCUT2D eigenvalue weighted by molar-refractivity contribution is -0.896. The van der Waals surface area contributed by atoms with E-state index in [0.29, 0.717) is 5.69 Å². The number of amides is 1.